The minimum absolute atomic E-state index is 0. The van der Waals surface area contributed by atoms with Crippen LogP contribution in [0.3, 0.4) is 0 Å². The van der Waals surface area contributed by atoms with E-state index in [1.54, 1.807) is 0 Å². The van der Waals surface area contributed by atoms with E-state index in [0.29, 0.717) is 6.54 Å². The van der Waals surface area contributed by atoms with Crippen LogP contribution in [0.2, 0.25) is 0 Å². The van der Waals surface area contributed by atoms with Gasteiger partial charge < -0.3 is 5.32 Å². The first kappa shape index (κ1) is 18.9. The molecule has 1 aromatic rings. The molecule has 22 heavy (non-hydrogen) atoms. The molecule has 1 aliphatic heterocycles. The number of rotatable bonds is 6. The van der Waals surface area contributed by atoms with Crippen molar-refractivity contribution in [3.8, 4) is 6.07 Å². The molecule has 0 saturated carbocycles. The van der Waals surface area contributed by atoms with Gasteiger partial charge in [-0.1, -0.05) is 24.3 Å². The van der Waals surface area contributed by atoms with Crippen LogP contribution in [0.25, 0.3) is 0 Å². The minimum atomic E-state index is -3.54. The maximum absolute atomic E-state index is 12.1. The normalized spacial score (nSPS) is 17.4. The van der Waals surface area contributed by atoms with Crippen molar-refractivity contribution in [2.24, 2.45) is 0 Å². The number of nitriles is 1. The van der Waals surface area contributed by atoms with Crippen molar-refractivity contribution in [3.05, 3.63) is 35.4 Å². The molecule has 0 saturated heterocycles. The second-order valence-corrected chi connectivity index (χ2v) is 6.90. The van der Waals surface area contributed by atoms with E-state index in [2.05, 4.69) is 16.1 Å². The first-order chi connectivity index (χ1) is 10.0. The minimum Gasteiger partial charge on any atom is -0.308 e. The van der Waals surface area contributed by atoms with E-state index in [0.717, 1.165) is 18.5 Å². The molecule has 0 aliphatic carbocycles. The monoisotopic (exact) mass is 344 g/mol. The van der Waals surface area contributed by atoms with Gasteiger partial charge in [0, 0.05) is 32.6 Å². The lowest BCUT2D eigenvalue weighted by atomic mass is 9.95. The zero-order chi connectivity index (χ0) is 15.3. The van der Waals surface area contributed by atoms with Crippen molar-refractivity contribution in [3.63, 3.8) is 0 Å². The Hall–Kier alpha value is -1.17. The van der Waals surface area contributed by atoms with Crippen LogP contribution in [-0.4, -0.2) is 39.4 Å². The molecule has 1 aliphatic rings. The van der Waals surface area contributed by atoms with E-state index < -0.39 is 10.2 Å². The summed E-state index contributed by atoms with van der Waals surface area (Å²) in [4.78, 5) is 0. The average Bonchev–Trinajstić information content (AvgIpc) is 2.50. The predicted octanol–water partition coefficient (Wildman–Crippen LogP) is 0.975. The highest BCUT2D eigenvalue weighted by molar-refractivity contribution is 7.87. The van der Waals surface area contributed by atoms with Gasteiger partial charge in [0.2, 0.25) is 0 Å². The summed E-state index contributed by atoms with van der Waals surface area (Å²) in [5.74, 6) is 0. The van der Waals surface area contributed by atoms with Gasteiger partial charge >= 0.3 is 0 Å². The molecule has 8 heteroatoms. The standard InChI is InChI=1S/C14H20N4O2S.ClH/c1-18(10-4-8-15)21(19,20)17-11-14-13-6-3-2-5-12(13)7-9-16-14;/h2-3,5-6,14,16-17H,4,7,9-11H2,1H3;1H. The maximum Gasteiger partial charge on any atom is 0.279 e. The van der Waals surface area contributed by atoms with Gasteiger partial charge in [0.15, 0.2) is 0 Å². The molecule has 1 atom stereocenters. The fourth-order valence-corrected chi connectivity index (χ4v) is 3.33. The fourth-order valence-electron chi connectivity index (χ4n) is 2.40. The Morgan fingerprint density at radius 3 is 2.91 bits per heavy atom. The molecule has 2 N–H and O–H groups in total. The highest BCUT2D eigenvalue weighted by Gasteiger charge is 2.23. The molecule has 0 spiro atoms. The zero-order valence-corrected chi connectivity index (χ0v) is 14.1. The summed E-state index contributed by atoms with van der Waals surface area (Å²) in [7, 11) is -2.07. The van der Waals surface area contributed by atoms with Crippen LogP contribution in [0, 0.1) is 11.3 Å². The van der Waals surface area contributed by atoms with Crippen LogP contribution >= 0.6 is 12.4 Å². The van der Waals surface area contributed by atoms with Crippen molar-refractivity contribution in [1.29, 1.82) is 5.26 Å². The van der Waals surface area contributed by atoms with Crippen LogP contribution in [0.5, 0.6) is 0 Å². The molecule has 0 fully saturated rings. The van der Waals surface area contributed by atoms with E-state index >= 15 is 0 Å². The first-order valence-corrected chi connectivity index (χ1v) is 8.37. The molecule has 1 unspecified atom stereocenters. The smallest absolute Gasteiger partial charge is 0.279 e. The summed E-state index contributed by atoms with van der Waals surface area (Å²) >= 11 is 0. The Labute approximate surface area is 138 Å². The number of hydrogen-bond acceptors (Lipinski definition) is 4. The van der Waals surface area contributed by atoms with Gasteiger partial charge in [-0.25, -0.2) is 4.72 Å². The third-order valence-electron chi connectivity index (χ3n) is 3.63. The summed E-state index contributed by atoms with van der Waals surface area (Å²) in [5, 5.41) is 11.9. The number of halogens is 1. The molecule has 6 nitrogen and oxygen atoms in total. The first-order valence-electron chi connectivity index (χ1n) is 6.93. The lowest BCUT2D eigenvalue weighted by Crippen LogP contribution is -2.44. The Balaban J connectivity index is 0.00000242. The molecular formula is C14H21ClN4O2S. The largest absolute Gasteiger partial charge is 0.308 e. The van der Waals surface area contributed by atoms with E-state index in [1.807, 2.05) is 24.3 Å². The van der Waals surface area contributed by atoms with Gasteiger partial charge in [0.1, 0.15) is 0 Å². The molecule has 0 aromatic heterocycles. The van der Waals surface area contributed by atoms with E-state index in [9.17, 15) is 8.42 Å². The summed E-state index contributed by atoms with van der Waals surface area (Å²) in [6.07, 6.45) is 1.14. The van der Waals surface area contributed by atoms with Gasteiger partial charge in [0.25, 0.3) is 10.2 Å². The summed E-state index contributed by atoms with van der Waals surface area (Å²) in [5.41, 5.74) is 2.41. The van der Waals surface area contributed by atoms with Crippen LogP contribution in [0.4, 0.5) is 0 Å². The average molecular weight is 345 g/mol. The summed E-state index contributed by atoms with van der Waals surface area (Å²) in [6, 6.07) is 10.00. The number of nitrogens with one attached hydrogen (secondary N) is 2. The molecule has 1 aromatic carbocycles. The molecule has 122 valence electrons. The van der Waals surface area contributed by atoms with E-state index in [4.69, 9.17) is 5.26 Å². The summed E-state index contributed by atoms with van der Waals surface area (Å²) < 4.78 is 27.9. The third-order valence-corrected chi connectivity index (χ3v) is 5.17. The Morgan fingerprint density at radius 2 is 2.18 bits per heavy atom. The van der Waals surface area contributed by atoms with Gasteiger partial charge in [-0.3, -0.25) is 0 Å². The molecule has 2 rings (SSSR count). The zero-order valence-electron chi connectivity index (χ0n) is 12.4. The fraction of sp³-hybridized carbons (Fsp3) is 0.500. The lowest BCUT2D eigenvalue weighted by Gasteiger charge is -2.27. The Bertz CT molecular complexity index is 630. The van der Waals surface area contributed by atoms with Gasteiger partial charge in [0.05, 0.1) is 6.07 Å². The lowest BCUT2D eigenvalue weighted by molar-refractivity contribution is 0.446. The molecular weight excluding hydrogens is 324 g/mol. The number of hydrogen-bond donors (Lipinski definition) is 2. The van der Waals surface area contributed by atoms with Crippen LogP contribution < -0.4 is 10.0 Å². The Kier molecular flexibility index (Phi) is 7.26. The van der Waals surface area contributed by atoms with Crippen molar-refractivity contribution >= 4 is 22.6 Å². The highest BCUT2D eigenvalue weighted by atomic mass is 35.5. The molecule has 0 amide bonds. The van der Waals surface area contributed by atoms with Crippen LogP contribution in [0.1, 0.15) is 23.6 Å². The SMILES string of the molecule is CN(CCC#N)S(=O)(=O)NCC1NCCc2ccccc21.Cl. The molecule has 0 radical (unpaired) electrons. The van der Waals surface area contributed by atoms with E-state index in [-0.39, 0.29) is 31.4 Å². The number of benzene rings is 1. The van der Waals surface area contributed by atoms with Gasteiger partial charge in [-0.05, 0) is 24.1 Å². The molecule has 1 heterocycles. The van der Waals surface area contributed by atoms with E-state index in [1.165, 1.54) is 16.9 Å². The van der Waals surface area contributed by atoms with Crippen LogP contribution in [0.15, 0.2) is 24.3 Å². The highest BCUT2D eigenvalue weighted by Crippen LogP contribution is 2.22. The van der Waals surface area contributed by atoms with Crippen LogP contribution in [-0.2, 0) is 16.6 Å². The van der Waals surface area contributed by atoms with Gasteiger partial charge in [-0.15, -0.1) is 12.4 Å². The second-order valence-electron chi connectivity index (χ2n) is 5.04. The van der Waals surface area contributed by atoms with Crippen molar-refractivity contribution in [2.45, 2.75) is 18.9 Å². The topological polar surface area (TPSA) is 85.2 Å². The third kappa shape index (κ3) is 4.66. The van der Waals surface area contributed by atoms with Crippen molar-refractivity contribution in [2.75, 3.05) is 26.7 Å². The maximum atomic E-state index is 12.1. The van der Waals surface area contributed by atoms with Crippen molar-refractivity contribution in [1.82, 2.24) is 14.3 Å². The Morgan fingerprint density at radius 1 is 1.45 bits per heavy atom. The molecule has 0 bridgehead atoms. The van der Waals surface area contributed by atoms with Gasteiger partial charge in [-0.2, -0.15) is 18.0 Å². The summed E-state index contributed by atoms with van der Waals surface area (Å²) in [6.45, 7) is 1.34. The predicted molar refractivity (Wildman–Crippen MR) is 87.9 cm³/mol. The second kappa shape index (κ2) is 8.46. The van der Waals surface area contributed by atoms with Crippen molar-refractivity contribution < 1.29 is 8.42 Å². The quantitative estimate of drug-likeness (QED) is 0.805. The number of fused-ring (bicyclic) bond motifs is 1. The number of nitrogens with zero attached hydrogens (tertiary/aromatic N) is 2.